The van der Waals surface area contributed by atoms with Gasteiger partial charge < -0.3 is 15.7 Å². The van der Waals surface area contributed by atoms with E-state index in [4.69, 9.17) is 5.11 Å². The Hall–Kier alpha value is -1.95. The van der Waals surface area contributed by atoms with Crippen molar-refractivity contribution in [2.75, 3.05) is 11.9 Å². The van der Waals surface area contributed by atoms with E-state index in [2.05, 4.69) is 10.6 Å². The Morgan fingerprint density at radius 2 is 2.14 bits per heavy atom. The van der Waals surface area contributed by atoms with Gasteiger partial charge in [0.15, 0.2) is 0 Å². The zero-order valence-electron chi connectivity index (χ0n) is 11.4. The number of benzene rings is 1. The van der Waals surface area contributed by atoms with Gasteiger partial charge in [-0.25, -0.2) is 9.18 Å². The van der Waals surface area contributed by atoms with Gasteiger partial charge in [-0.15, -0.1) is 0 Å². The van der Waals surface area contributed by atoms with E-state index in [-0.39, 0.29) is 29.1 Å². The molecule has 3 atom stereocenters. The number of halogens is 1. The van der Waals surface area contributed by atoms with Gasteiger partial charge in [-0.1, -0.05) is 12.5 Å². The number of hydrogen-bond donors (Lipinski definition) is 3. The van der Waals surface area contributed by atoms with Gasteiger partial charge in [0.1, 0.15) is 5.82 Å². The maximum atomic E-state index is 13.8. The van der Waals surface area contributed by atoms with Crippen molar-refractivity contribution in [1.29, 1.82) is 0 Å². The third-order valence-electron chi connectivity index (χ3n) is 4.52. The van der Waals surface area contributed by atoms with Crippen LogP contribution in [0.5, 0.6) is 0 Å². The Morgan fingerprint density at radius 3 is 2.90 bits per heavy atom. The topological polar surface area (TPSA) is 78.4 Å². The summed E-state index contributed by atoms with van der Waals surface area (Å²) in [7, 11) is 0. The van der Waals surface area contributed by atoms with Crippen LogP contribution in [0.15, 0.2) is 18.2 Å². The molecule has 112 valence electrons. The first-order chi connectivity index (χ1) is 10.1. The summed E-state index contributed by atoms with van der Waals surface area (Å²) in [5.41, 5.74) is -0.484. The highest BCUT2D eigenvalue weighted by atomic mass is 19.1. The molecule has 3 rings (SSSR count). The molecule has 3 unspecified atom stereocenters. The molecule has 1 aromatic rings. The Kier molecular flexibility index (Phi) is 3.63. The molecule has 1 saturated carbocycles. The monoisotopic (exact) mass is 292 g/mol. The summed E-state index contributed by atoms with van der Waals surface area (Å²) in [5, 5.41) is 14.7. The first-order valence-corrected chi connectivity index (χ1v) is 7.14. The highest BCUT2D eigenvalue weighted by Gasteiger charge is 2.42. The van der Waals surface area contributed by atoms with Gasteiger partial charge in [0.05, 0.1) is 17.3 Å². The van der Waals surface area contributed by atoms with Gasteiger partial charge >= 0.3 is 5.97 Å². The Labute approximate surface area is 121 Å². The molecular formula is C15H17FN2O3. The lowest BCUT2D eigenvalue weighted by molar-refractivity contribution is -0.118. The third kappa shape index (κ3) is 2.51. The number of carbonyl (C=O) groups excluding carboxylic acids is 1. The average molecular weight is 292 g/mol. The lowest BCUT2D eigenvalue weighted by atomic mass is 9.93. The fraction of sp³-hybridized carbons (Fsp3) is 0.467. The van der Waals surface area contributed by atoms with Crippen LogP contribution in [0.4, 0.5) is 10.1 Å². The number of rotatable bonds is 3. The van der Waals surface area contributed by atoms with Gasteiger partial charge in [-0.05, 0) is 43.4 Å². The molecule has 1 saturated heterocycles. The fourth-order valence-corrected chi connectivity index (χ4v) is 3.50. The van der Waals surface area contributed by atoms with Gasteiger partial charge in [-0.3, -0.25) is 4.79 Å². The van der Waals surface area contributed by atoms with Crippen LogP contribution in [0.1, 0.15) is 29.6 Å². The maximum absolute atomic E-state index is 13.8. The lowest BCUT2D eigenvalue weighted by Gasteiger charge is -2.18. The minimum absolute atomic E-state index is 0.232. The van der Waals surface area contributed by atoms with Crippen molar-refractivity contribution in [1.82, 2.24) is 5.32 Å². The number of anilines is 1. The number of carboxylic acid groups (broad SMARTS) is 1. The average Bonchev–Trinajstić information content (AvgIpc) is 3.02. The highest BCUT2D eigenvalue weighted by Crippen LogP contribution is 2.38. The number of aromatic carboxylic acids is 1. The molecule has 3 N–H and O–H groups in total. The molecular weight excluding hydrogens is 275 g/mol. The van der Waals surface area contributed by atoms with Crippen LogP contribution in [0.25, 0.3) is 0 Å². The van der Waals surface area contributed by atoms with Crippen LogP contribution in [-0.2, 0) is 4.79 Å². The number of carboxylic acids is 1. The normalized spacial score (nSPS) is 27.4. The third-order valence-corrected chi connectivity index (χ3v) is 4.52. The summed E-state index contributed by atoms with van der Waals surface area (Å²) in [6.07, 6.45) is 3.21. The largest absolute Gasteiger partial charge is 0.478 e. The van der Waals surface area contributed by atoms with E-state index in [0.717, 1.165) is 31.9 Å². The van der Waals surface area contributed by atoms with Gasteiger partial charge in [0, 0.05) is 0 Å². The second-order valence-electron chi connectivity index (χ2n) is 5.70. The molecule has 6 heteroatoms. The zero-order chi connectivity index (χ0) is 15.0. The summed E-state index contributed by atoms with van der Waals surface area (Å²) in [5.74, 6) is -1.57. The number of para-hydroxylation sites is 1. The maximum Gasteiger partial charge on any atom is 0.337 e. The van der Waals surface area contributed by atoms with Crippen molar-refractivity contribution in [2.45, 2.75) is 25.3 Å². The molecule has 1 aliphatic carbocycles. The molecule has 1 aliphatic heterocycles. The molecule has 1 heterocycles. The minimum atomic E-state index is -1.26. The van der Waals surface area contributed by atoms with E-state index in [1.165, 1.54) is 12.1 Å². The molecule has 0 radical (unpaired) electrons. The number of fused-ring (bicyclic) bond motifs is 1. The Bertz CT molecular complexity index is 590. The SMILES string of the molecule is O=C(O)c1cccc(F)c1NC(=O)C1NCC2CCCC21. The first-order valence-electron chi connectivity index (χ1n) is 7.14. The summed E-state index contributed by atoms with van der Waals surface area (Å²) in [6.45, 7) is 0.797. The standard InChI is InChI=1S/C15H17FN2O3/c16-11-6-2-5-10(15(20)21)12(11)18-14(19)13-9-4-1-3-8(9)7-17-13/h2,5-6,8-9,13,17H,1,3-4,7H2,(H,18,19)(H,20,21). The highest BCUT2D eigenvalue weighted by molar-refractivity contribution is 6.02. The molecule has 0 aromatic heterocycles. The first kappa shape index (κ1) is 14.0. The van der Waals surface area contributed by atoms with Crippen molar-refractivity contribution in [3.8, 4) is 0 Å². The van der Waals surface area contributed by atoms with Gasteiger partial charge in [-0.2, -0.15) is 0 Å². The summed E-state index contributed by atoms with van der Waals surface area (Å²) in [6, 6.07) is 3.37. The number of hydrogen-bond acceptors (Lipinski definition) is 3. The summed E-state index contributed by atoms with van der Waals surface area (Å²) < 4.78 is 13.8. The molecule has 2 aliphatic rings. The van der Waals surface area contributed by atoms with E-state index < -0.39 is 11.8 Å². The minimum Gasteiger partial charge on any atom is -0.478 e. The van der Waals surface area contributed by atoms with Crippen molar-refractivity contribution in [3.05, 3.63) is 29.6 Å². The Morgan fingerprint density at radius 1 is 1.33 bits per heavy atom. The second-order valence-corrected chi connectivity index (χ2v) is 5.70. The molecule has 0 spiro atoms. The summed E-state index contributed by atoms with van der Waals surface area (Å²) >= 11 is 0. The molecule has 5 nitrogen and oxygen atoms in total. The van der Waals surface area contributed by atoms with Crippen molar-refractivity contribution in [2.24, 2.45) is 11.8 Å². The van der Waals surface area contributed by atoms with E-state index in [0.29, 0.717) is 5.92 Å². The van der Waals surface area contributed by atoms with Crippen molar-refractivity contribution < 1.29 is 19.1 Å². The smallest absolute Gasteiger partial charge is 0.337 e. The molecule has 2 fully saturated rings. The number of carbonyl (C=O) groups is 2. The second kappa shape index (κ2) is 5.44. The van der Waals surface area contributed by atoms with E-state index in [9.17, 15) is 14.0 Å². The predicted molar refractivity (Wildman–Crippen MR) is 74.6 cm³/mol. The predicted octanol–water partition coefficient (Wildman–Crippen LogP) is 1.85. The van der Waals surface area contributed by atoms with Gasteiger partial charge in [0.25, 0.3) is 0 Å². The van der Waals surface area contributed by atoms with Crippen LogP contribution in [0, 0.1) is 17.7 Å². The van der Waals surface area contributed by atoms with Crippen molar-refractivity contribution in [3.63, 3.8) is 0 Å². The lowest BCUT2D eigenvalue weighted by Crippen LogP contribution is -2.40. The van der Waals surface area contributed by atoms with Gasteiger partial charge in [0.2, 0.25) is 5.91 Å². The fourth-order valence-electron chi connectivity index (χ4n) is 3.50. The van der Waals surface area contributed by atoms with Crippen LogP contribution in [-0.4, -0.2) is 29.6 Å². The van der Waals surface area contributed by atoms with E-state index in [1.807, 2.05) is 0 Å². The molecule has 1 aromatic carbocycles. The van der Waals surface area contributed by atoms with Crippen molar-refractivity contribution >= 4 is 17.6 Å². The summed E-state index contributed by atoms with van der Waals surface area (Å²) in [4.78, 5) is 23.5. The quantitative estimate of drug-likeness (QED) is 0.794. The molecule has 1 amide bonds. The number of amides is 1. The van der Waals surface area contributed by atoms with E-state index in [1.54, 1.807) is 0 Å². The number of nitrogens with one attached hydrogen (secondary N) is 2. The Balaban J connectivity index is 1.81. The zero-order valence-corrected chi connectivity index (χ0v) is 11.4. The van der Waals surface area contributed by atoms with Crippen LogP contribution < -0.4 is 10.6 Å². The van der Waals surface area contributed by atoms with Crippen LogP contribution in [0.2, 0.25) is 0 Å². The van der Waals surface area contributed by atoms with Crippen LogP contribution >= 0.6 is 0 Å². The molecule has 21 heavy (non-hydrogen) atoms. The van der Waals surface area contributed by atoms with Crippen LogP contribution in [0.3, 0.4) is 0 Å². The molecule has 0 bridgehead atoms. The van der Waals surface area contributed by atoms with E-state index >= 15 is 0 Å².